The lowest BCUT2D eigenvalue weighted by Gasteiger charge is -2.21. The van der Waals surface area contributed by atoms with Crippen LogP contribution in [0.2, 0.25) is 5.02 Å². The van der Waals surface area contributed by atoms with Crippen molar-refractivity contribution < 1.29 is 9.53 Å². The first-order chi connectivity index (χ1) is 9.08. The Morgan fingerprint density at radius 3 is 3.11 bits per heavy atom. The molecule has 0 N–H and O–H groups in total. The number of halogens is 1. The summed E-state index contributed by atoms with van der Waals surface area (Å²) in [6.07, 6.45) is 3.45. The highest BCUT2D eigenvalue weighted by Gasteiger charge is 2.37. The van der Waals surface area contributed by atoms with E-state index in [2.05, 4.69) is 6.92 Å². The number of ether oxygens (including phenoxy) is 1. The minimum Gasteiger partial charge on any atom is -0.493 e. The van der Waals surface area contributed by atoms with Crippen LogP contribution >= 0.6 is 23.4 Å². The minimum absolute atomic E-state index is 0.214. The quantitative estimate of drug-likeness (QED) is 0.851. The Balaban J connectivity index is 1.86. The van der Waals surface area contributed by atoms with Crippen molar-refractivity contribution in [2.75, 3.05) is 12.4 Å². The average molecular weight is 297 g/mol. The maximum absolute atomic E-state index is 12.5. The van der Waals surface area contributed by atoms with Crippen LogP contribution in [0.15, 0.2) is 12.1 Å². The lowest BCUT2D eigenvalue weighted by atomic mass is 9.94. The molecule has 0 amide bonds. The predicted molar refractivity (Wildman–Crippen MR) is 79.5 cm³/mol. The van der Waals surface area contributed by atoms with Crippen molar-refractivity contribution >= 4 is 29.1 Å². The molecule has 1 saturated heterocycles. The van der Waals surface area contributed by atoms with Crippen molar-refractivity contribution in [2.24, 2.45) is 0 Å². The standard InChI is InChI=1S/C15H17ClO2S/c1-15(4-2-6-19-15)13(17)9-11-8-12(16)7-10-3-5-18-14(10)11/h7-8H,2-6,9H2,1H3. The Bertz CT molecular complexity index is 521. The van der Waals surface area contributed by atoms with Crippen molar-refractivity contribution in [3.05, 3.63) is 28.3 Å². The molecule has 0 spiro atoms. The molecule has 0 radical (unpaired) electrons. The van der Waals surface area contributed by atoms with Gasteiger partial charge in [-0.25, -0.2) is 0 Å². The van der Waals surface area contributed by atoms with Crippen molar-refractivity contribution in [2.45, 2.75) is 37.4 Å². The number of fused-ring (bicyclic) bond motifs is 1. The monoisotopic (exact) mass is 296 g/mol. The highest BCUT2D eigenvalue weighted by Crippen LogP contribution is 2.40. The molecular weight excluding hydrogens is 280 g/mol. The number of hydrogen-bond acceptors (Lipinski definition) is 3. The van der Waals surface area contributed by atoms with E-state index in [0.29, 0.717) is 23.8 Å². The van der Waals surface area contributed by atoms with Gasteiger partial charge in [-0.1, -0.05) is 11.6 Å². The van der Waals surface area contributed by atoms with Gasteiger partial charge in [0.2, 0.25) is 0 Å². The molecule has 1 fully saturated rings. The van der Waals surface area contributed by atoms with Crippen LogP contribution in [0.1, 0.15) is 30.9 Å². The molecule has 2 aliphatic heterocycles. The van der Waals surface area contributed by atoms with Gasteiger partial charge in [-0.3, -0.25) is 4.79 Å². The summed E-state index contributed by atoms with van der Waals surface area (Å²) in [7, 11) is 0. The van der Waals surface area contributed by atoms with Crippen molar-refractivity contribution in [3.63, 3.8) is 0 Å². The van der Waals surface area contributed by atoms with Gasteiger partial charge in [0.05, 0.1) is 11.4 Å². The summed E-state index contributed by atoms with van der Waals surface area (Å²) in [5, 5.41) is 0.705. The number of carbonyl (C=O) groups is 1. The smallest absolute Gasteiger partial charge is 0.153 e. The maximum atomic E-state index is 12.5. The van der Waals surface area contributed by atoms with Gasteiger partial charge < -0.3 is 4.74 Å². The molecule has 3 rings (SSSR count). The fourth-order valence-corrected chi connectivity index (χ4v) is 4.36. The molecule has 4 heteroatoms. The summed E-state index contributed by atoms with van der Waals surface area (Å²) >= 11 is 7.92. The van der Waals surface area contributed by atoms with Crippen LogP contribution in [0.3, 0.4) is 0 Å². The van der Waals surface area contributed by atoms with Crippen LogP contribution in [0, 0.1) is 0 Å². The van der Waals surface area contributed by atoms with E-state index in [1.54, 1.807) is 11.8 Å². The van der Waals surface area contributed by atoms with Crippen LogP contribution in [-0.2, 0) is 17.6 Å². The second-order valence-corrected chi connectivity index (χ2v) is 7.47. The van der Waals surface area contributed by atoms with Gasteiger partial charge in [0.1, 0.15) is 5.75 Å². The predicted octanol–water partition coefficient (Wildman–Crippen LogP) is 3.67. The molecule has 0 saturated carbocycles. The van der Waals surface area contributed by atoms with E-state index in [0.717, 1.165) is 41.9 Å². The molecule has 0 aliphatic carbocycles. The SMILES string of the molecule is CC1(C(=O)Cc2cc(Cl)cc3c2OCC3)CCCS1. The Hall–Kier alpha value is -0.670. The van der Waals surface area contributed by atoms with E-state index in [9.17, 15) is 4.79 Å². The molecular formula is C15H17ClO2S. The molecule has 19 heavy (non-hydrogen) atoms. The van der Waals surface area contributed by atoms with Crippen molar-refractivity contribution in [3.8, 4) is 5.75 Å². The molecule has 0 bridgehead atoms. The third-order valence-electron chi connectivity index (χ3n) is 3.98. The van der Waals surface area contributed by atoms with Gasteiger partial charge in [0.15, 0.2) is 5.78 Å². The Morgan fingerprint density at radius 2 is 2.37 bits per heavy atom. The summed E-state index contributed by atoms with van der Waals surface area (Å²) in [6, 6.07) is 3.83. The van der Waals surface area contributed by atoms with E-state index in [4.69, 9.17) is 16.3 Å². The summed E-state index contributed by atoms with van der Waals surface area (Å²) in [6.45, 7) is 2.77. The first-order valence-corrected chi connectivity index (χ1v) is 8.06. The first kappa shape index (κ1) is 13.3. The zero-order chi connectivity index (χ0) is 13.5. The van der Waals surface area contributed by atoms with Gasteiger partial charge >= 0.3 is 0 Å². The zero-order valence-electron chi connectivity index (χ0n) is 11.0. The average Bonchev–Trinajstić information content (AvgIpc) is 2.98. The first-order valence-electron chi connectivity index (χ1n) is 6.70. The summed E-state index contributed by atoms with van der Waals surface area (Å²) in [4.78, 5) is 12.5. The molecule has 1 unspecified atom stereocenters. The molecule has 1 aromatic rings. The Labute approximate surface area is 122 Å². The van der Waals surface area contributed by atoms with E-state index in [1.165, 1.54) is 0 Å². The van der Waals surface area contributed by atoms with Crippen LogP contribution in [0.4, 0.5) is 0 Å². The topological polar surface area (TPSA) is 26.3 Å². The van der Waals surface area contributed by atoms with Crippen LogP contribution in [0.5, 0.6) is 5.75 Å². The zero-order valence-corrected chi connectivity index (χ0v) is 12.6. The highest BCUT2D eigenvalue weighted by atomic mass is 35.5. The third-order valence-corrected chi connectivity index (χ3v) is 5.76. The normalized spacial score (nSPS) is 25.2. The second kappa shape index (κ2) is 5.02. The number of hydrogen-bond donors (Lipinski definition) is 0. The van der Waals surface area contributed by atoms with E-state index in [-0.39, 0.29) is 4.75 Å². The molecule has 102 valence electrons. The van der Waals surface area contributed by atoms with Crippen LogP contribution < -0.4 is 4.74 Å². The van der Waals surface area contributed by atoms with Crippen LogP contribution in [0.25, 0.3) is 0 Å². The molecule has 2 nitrogen and oxygen atoms in total. The van der Waals surface area contributed by atoms with Gasteiger partial charge in [-0.05, 0) is 43.2 Å². The van der Waals surface area contributed by atoms with Gasteiger partial charge in [0, 0.05) is 23.4 Å². The van der Waals surface area contributed by atoms with Crippen LogP contribution in [-0.4, -0.2) is 22.9 Å². The van der Waals surface area contributed by atoms with E-state index < -0.39 is 0 Å². The summed E-state index contributed by atoms with van der Waals surface area (Å²) in [5.41, 5.74) is 2.10. The molecule has 1 atom stereocenters. The number of rotatable bonds is 3. The fourth-order valence-electron chi connectivity index (χ4n) is 2.84. The Morgan fingerprint density at radius 1 is 1.53 bits per heavy atom. The number of Topliss-reactive ketones (excluding diaryl/α,β-unsaturated/α-hetero) is 1. The van der Waals surface area contributed by atoms with Crippen molar-refractivity contribution in [1.29, 1.82) is 0 Å². The number of benzene rings is 1. The molecule has 1 aromatic carbocycles. The summed E-state index contributed by atoms with van der Waals surface area (Å²) < 4.78 is 5.45. The number of ketones is 1. The minimum atomic E-state index is -0.214. The van der Waals surface area contributed by atoms with Gasteiger partial charge in [-0.15, -0.1) is 11.8 Å². The second-order valence-electron chi connectivity index (χ2n) is 5.43. The number of carbonyl (C=O) groups excluding carboxylic acids is 1. The van der Waals surface area contributed by atoms with Gasteiger partial charge in [0.25, 0.3) is 0 Å². The maximum Gasteiger partial charge on any atom is 0.153 e. The lowest BCUT2D eigenvalue weighted by Crippen LogP contribution is -2.30. The fraction of sp³-hybridized carbons (Fsp3) is 0.533. The summed E-state index contributed by atoms with van der Waals surface area (Å²) in [5.74, 6) is 2.28. The largest absolute Gasteiger partial charge is 0.493 e. The molecule has 0 aromatic heterocycles. The highest BCUT2D eigenvalue weighted by molar-refractivity contribution is 8.01. The Kier molecular flexibility index (Phi) is 3.52. The molecule has 2 heterocycles. The van der Waals surface area contributed by atoms with E-state index >= 15 is 0 Å². The third kappa shape index (κ3) is 2.50. The number of thioether (sulfide) groups is 1. The van der Waals surface area contributed by atoms with Crippen molar-refractivity contribution in [1.82, 2.24) is 0 Å². The molecule has 2 aliphatic rings. The van der Waals surface area contributed by atoms with Gasteiger partial charge in [-0.2, -0.15) is 0 Å². The lowest BCUT2D eigenvalue weighted by molar-refractivity contribution is -0.120. The van der Waals surface area contributed by atoms with E-state index in [1.807, 2.05) is 12.1 Å².